The van der Waals surface area contributed by atoms with Crippen molar-refractivity contribution < 1.29 is 18.0 Å². The minimum absolute atomic E-state index is 0.140. The van der Waals surface area contributed by atoms with Gasteiger partial charge in [0.05, 0.1) is 16.9 Å². The molecule has 2 rings (SSSR count). The molecular weight excluding hydrogens is 313 g/mol. The zero-order valence-electron chi connectivity index (χ0n) is 9.36. The van der Waals surface area contributed by atoms with E-state index in [0.717, 1.165) is 12.1 Å². The third kappa shape index (κ3) is 2.60. The fourth-order valence-electron chi connectivity index (χ4n) is 1.79. The second kappa shape index (κ2) is 4.46. The van der Waals surface area contributed by atoms with Crippen LogP contribution in [-0.4, -0.2) is 11.9 Å². The van der Waals surface area contributed by atoms with Crippen LogP contribution in [-0.2, 0) is 11.0 Å². The van der Waals surface area contributed by atoms with Gasteiger partial charge < -0.3 is 10.6 Å². The second-order valence-electron chi connectivity index (χ2n) is 4.18. The average molecular weight is 323 g/mol. The Labute approximate surface area is 110 Å². The Hall–Kier alpha value is -1.24. The summed E-state index contributed by atoms with van der Waals surface area (Å²) in [7, 11) is 0. The van der Waals surface area contributed by atoms with Gasteiger partial charge in [0.15, 0.2) is 0 Å². The summed E-state index contributed by atoms with van der Waals surface area (Å²) in [5, 5.41) is 5.48. The van der Waals surface area contributed by atoms with Gasteiger partial charge in [-0.05, 0) is 35.0 Å². The summed E-state index contributed by atoms with van der Waals surface area (Å²) in [5.74, 6) is -0.306. The van der Waals surface area contributed by atoms with E-state index in [4.69, 9.17) is 0 Å². The summed E-state index contributed by atoms with van der Waals surface area (Å²) in [5.41, 5.74) is -0.183. The number of alkyl halides is 3. The number of fused-ring (bicyclic) bond motifs is 1. The molecule has 0 spiro atoms. The molecule has 0 radical (unpaired) electrons. The molecule has 0 unspecified atom stereocenters. The highest BCUT2D eigenvalue weighted by Gasteiger charge is 2.33. The zero-order chi connectivity index (χ0) is 13.5. The second-order valence-corrected chi connectivity index (χ2v) is 5.03. The molecule has 0 saturated heterocycles. The molecule has 1 amide bonds. The first kappa shape index (κ1) is 13.2. The van der Waals surface area contributed by atoms with Crippen LogP contribution in [0.2, 0.25) is 0 Å². The van der Waals surface area contributed by atoms with Crippen molar-refractivity contribution in [1.82, 2.24) is 0 Å². The fraction of sp³-hybridized carbons (Fsp3) is 0.364. The number of anilines is 2. The largest absolute Gasteiger partial charge is 0.416 e. The predicted molar refractivity (Wildman–Crippen MR) is 65.5 cm³/mol. The lowest BCUT2D eigenvalue weighted by Gasteiger charge is -2.16. The number of halogens is 4. The Kier molecular flexibility index (Phi) is 3.27. The first-order valence-electron chi connectivity index (χ1n) is 5.24. The van der Waals surface area contributed by atoms with Gasteiger partial charge in [-0.2, -0.15) is 13.2 Å². The molecule has 1 aliphatic heterocycles. The van der Waals surface area contributed by atoms with E-state index in [1.54, 1.807) is 6.92 Å². The number of hydrogen-bond acceptors (Lipinski definition) is 2. The van der Waals surface area contributed by atoms with Crippen LogP contribution >= 0.6 is 15.9 Å². The number of nitrogens with one attached hydrogen (secondary N) is 2. The van der Waals surface area contributed by atoms with E-state index in [1.165, 1.54) is 0 Å². The van der Waals surface area contributed by atoms with Crippen LogP contribution in [0.1, 0.15) is 18.9 Å². The van der Waals surface area contributed by atoms with E-state index >= 15 is 0 Å². The highest BCUT2D eigenvalue weighted by Crippen LogP contribution is 2.40. The topological polar surface area (TPSA) is 41.1 Å². The Morgan fingerprint density at radius 3 is 2.67 bits per heavy atom. The molecule has 0 fully saturated rings. The van der Waals surface area contributed by atoms with Crippen molar-refractivity contribution in [2.24, 2.45) is 0 Å². The molecular formula is C11H10BrF3N2O. The number of rotatable bonds is 0. The number of carbonyl (C=O) groups excluding carboxylic acids is 1. The minimum atomic E-state index is -4.44. The Morgan fingerprint density at radius 1 is 1.39 bits per heavy atom. The average Bonchev–Trinajstić information content (AvgIpc) is 2.34. The van der Waals surface area contributed by atoms with E-state index in [2.05, 4.69) is 26.6 Å². The molecule has 0 saturated carbocycles. The number of carbonyl (C=O) groups is 1. The van der Waals surface area contributed by atoms with Crippen molar-refractivity contribution in [2.75, 3.05) is 10.6 Å². The van der Waals surface area contributed by atoms with Crippen LogP contribution < -0.4 is 10.6 Å². The van der Waals surface area contributed by atoms with Gasteiger partial charge in [0.1, 0.15) is 0 Å². The molecule has 0 bridgehead atoms. The maximum Gasteiger partial charge on any atom is 0.416 e. The zero-order valence-corrected chi connectivity index (χ0v) is 10.9. The maximum absolute atomic E-state index is 12.7. The SMILES string of the molecule is C[C@@H]1CC(=O)Nc2cc(C(F)(F)F)cc(Br)c2N1. The summed E-state index contributed by atoms with van der Waals surface area (Å²) < 4.78 is 38.3. The monoisotopic (exact) mass is 322 g/mol. The molecule has 0 aliphatic carbocycles. The van der Waals surface area contributed by atoms with Gasteiger partial charge in [-0.25, -0.2) is 0 Å². The summed E-state index contributed by atoms with van der Waals surface area (Å²) in [6.45, 7) is 1.79. The van der Waals surface area contributed by atoms with Crippen molar-refractivity contribution in [1.29, 1.82) is 0 Å². The highest BCUT2D eigenvalue weighted by molar-refractivity contribution is 9.10. The van der Waals surface area contributed by atoms with E-state index in [9.17, 15) is 18.0 Å². The van der Waals surface area contributed by atoms with E-state index < -0.39 is 11.7 Å². The molecule has 1 aliphatic rings. The molecule has 98 valence electrons. The maximum atomic E-state index is 12.7. The van der Waals surface area contributed by atoms with Gasteiger partial charge in [-0.15, -0.1) is 0 Å². The molecule has 7 heteroatoms. The number of amides is 1. The van der Waals surface area contributed by atoms with Gasteiger partial charge in [-0.3, -0.25) is 4.79 Å². The van der Waals surface area contributed by atoms with Gasteiger partial charge >= 0.3 is 6.18 Å². The van der Waals surface area contributed by atoms with Crippen LogP contribution in [0.5, 0.6) is 0 Å². The highest BCUT2D eigenvalue weighted by atomic mass is 79.9. The normalized spacial score (nSPS) is 19.6. The summed E-state index contributed by atoms with van der Waals surface area (Å²) >= 11 is 3.09. The van der Waals surface area contributed by atoms with Crippen LogP contribution in [0.3, 0.4) is 0 Å². The molecule has 1 aromatic carbocycles. The third-order valence-electron chi connectivity index (χ3n) is 2.57. The lowest BCUT2D eigenvalue weighted by Crippen LogP contribution is -2.18. The summed E-state index contributed by atoms with van der Waals surface area (Å²) in [4.78, 5) is 11.5. The van der Waals surface area contributed by atoms with E-state index in [0.29, 0.717) is 5.69 Å². The predicted octanol–water partition coefficient (Wildman–Crippen LogP) is 3.61. The first-order chi connectivity index (χ1) is 8.27. The van der Waals surface area contributed by atoms with Crippen molar-refractivity contribution in [3.05, 3.63) is 22.2 Å². The minimum Gasteiger partial charge on any atom is -0.379 e. The van der Waals surface area contributed by atoms with Crippen molar-refractivity contribution in [3.63, 3.8) is 0 Å². The molecule has 0 aromatic heterocycles. The Balaban J connectivity index is 2.53. The molecule has 1 heterocycles. The summed E-state index contributed by atoms with van der Waals surface area (Å²) in [6.07, 6.45) is -4.23. The van der Waals surface area contributed by atoms with Crippen LogP contribution in [0.25, 0.3) is 0 Å². The summed E-state index contributed by atoms with van der Waals surface area (Å²) in [6, 6.07) is 1.79. The number of hydrogen-bond donors (Lipinski definition) is 2. The lowest BCUT2D eigenvalue weighted by atomic mass is 10.1. The fourth-order valence-corrected chi connectivity index (χ4v) is 2.37. The van der Waals surface area contributed by atoms with Crippen LogP contribution in [0.4, 0.5) is 24.5 Å². The Morgan fingerprint density at radius 2 is 2.06 bits per heavy atom. The quantitative estimate of drug-likeness (QED) is 0.766. The van der Waals surface area contributed by atoms with Gasteiger partial charge in [-0.1, -0.05) is 0 Å². The van der Waals surface area contributed by atoms with Gasteiger partial charge in [0, 0.05) is 16.9 Å². The van der Waals surface area contributed by atoms with Crippen LogP contribution in [0, 0.1) is 0 Å². The van der Waals surface area contributed by atoms with E-state index in [1.807, 2.05) is 0 Å². The molecule has 1 aromatic rings. The lowest BCUT2D eigenvalue weighted by molar-refractivity contribution is -0.137. The van der Waals surface area contributed by atoms with Gasteiger partial charge in [0.25, 0.3) is 0 Å². The standard InChI is InChI=1S/C11H10BrF3N2O/c1-5-2-9(18)17-8-4-6(11(13,14)15)3-7(12)10(8)16-5/h3-5,16H,2H2,1H3,(H,17,18)/t5-/m1/s1. The molecule has 18 heavy (non-hydrogen) atoms. The van der Waals surface area contributed by atoms with Crippen LogP contribution in [0.15, 0.2) is 16.6 Å². The van der Waals surface area contributed by atoms with E-state index in [-0.39, 0.29) is 28.5 Å². The molecule has 2 N–H and O–H groups in total. The van der Waals surface area contributed by atoms with Crippen molar-refractivity contribution >= 4 is 33.2 Å². The number of benzene rings is 1. The third-order valence-corrected chi connectivity index (χ3v) is 3.20. The smallest absolute Gasteiger partial charge is 0.379 e. The van der Waals surface area contributed by atoms with Gasteiger partial charge in [0.2, 0.25) is 5.91 Å². The Bertz CT molecular complexity index is 502. The van der Waals surface area contributed by atoms with Crippen molar-refractivity contribution in [2.45, 2.75) is 25.6 Å². The first-order valence-corrected chi connectivity index (χ1v) is 6.04. The van der Waals surface area contributed by atoms with Crippen molar-refractivity contribution in [3.8, 4) is 0 Å². The molecule has 1 atom stereocenters. The molecule has 3 nitrogen and oxygen atoms in total.